The van der Waals surface area contributed by atoms with E-state index in [0.29, 0.717) is 22.9 Å². The minimum atomic E-state index is -0.335. The summed E-state index contributed by atoms with van der Waals surface area (Å²) in [6.07, 6.45) is 3.38. The van der Waals surface area contributed by atoms with Crippen molar-refractivity contribution in [1.82, 2.24) is 15.2 Å². The van der Waals surface area contributed by atoms with Crippen molar-refractivity contribution in [3.05, 3.63) is 54.4 Å². The number of para-hydroxylation sites is 1. The first-order valence-corrected chi connectivity index (χ1v) is 7.21. The number of anilines is 1. The van der Waals surface area contributed by atoms with Crippen LogP contribution in [0.5, 0.6) is 11.5 Å². The van der Waals surface area contributed by atoms with Gasteiger partial charge < -0.3 is 14.8 Å². The average Bonchev–Trinajstić information content (AvgIpc) is 3.10. The smallest absolute Gasteiger partial charge is 0.260 e. The van der Waals surface area contributed by atoms with Gasteiger partial charge in [0.2, 0.25) is 0 Å². The fourth-order valence-electron chi connectivity index (χ4n) is 2.31. The van der Waals surface area contributed by atoms with E-state index in [2.05, 4.69) is 20.5 Å². The highest BCUT2D eigenvalue weighted by atomic mass is 16.5. The van der Waals surface area contributed by atoms with Crippen LogP contribution in [0.15, 0.2) is 48.8 Å². The molecule has 0 saturated heterocycles. The van der Waals surface area contributed by atoms with Gasteiger partial charge in [-0.15, -0.1) is 0 Å². The average molecular weight is 324 g/mol. The first-order valence-electron chi connectivity index (χ1n) is 7.21. The second-order valence-corrected chi connectivity index (χ2v) is 4.90. The number of amides is 1. The number of hydrogen-bond acceptors (Lipinski definition) is 5. The van der Waals surface area contributed by atoms with Gasteiger partial charge in [-0.1, -0.05) is 6.07 Å². The lowest BCUT2D eigenvalue weighted by molar-refractivity contribution is 0.102. The molecule has 2 N–H and O–H groups in total. The van der Waals surface area contributed by atoms with Gasteiger partial charge in [-0.3, -0.25) is 14.9 Å². The Kier molecular flexibility index (Phi) is 4.42. The summed E-state index contributed by atoms with van der Waals surface area (Å²) in [5, 5.41) is 9.73. The second-order valence-electron chi connectivity index (χ2n) is 4.90. The van der Waals surface area contributed by atoms with Crippen molar-refractivity contribution < 1.29 is 14.3 Å². The van der Waals surface area contributed by atoms with E-state index < -0.39 is 0 Å². The number of aromatic amines is 1. The van der Waals surface area contributed by atoms with Crippen LogP contribution in [0.4, 0.5) is 5.82 Å². The van der Waals surface area contributed by atoms with Crippen molar-refractivity contribution >= 4 is 11.7 Å². The molecule has 0 saturated carbocycles. The third kappa shape index (κ3) is 3.05. The maximum atomic E-state index is 12.5. The van der Waals surface area contributed by atoms with Gasteiger partial charge in [0.15, 0.2) is 17.3 Å². The Bertz CT molecular complexity index is 846. The van der Waals surface area contributed by atoms with E-state index in [9.17, 15) is 4.79 Å². The summed E-state index contributed by atoms with van der Waals surface area (Å²) in [6.45, 7) is 0. The van der Waals surface area contributed by atoms with Gasteiger partial charge in [0.25, 0.3) is 5.91 Å². The zero-order chi connectivity index (χ0) is 16.9. The molecule has 0 fully saturated rings. The molecule has 7 nitrogen and oxygen atoms in total. The molecule has 0 aliphatic rings. The predicted molar refractivity (Wildman–Crippen MR) is 89.3 cm³/mol. The summed E-state index contributed by atoms with van der Waals surface area (Å²) in [7, 11) is 3.01. The molecule has 0 aliphatic heterocycles. The van der Waals surface area contributed by atoms with E-state index >= 15 is 0 Å². The molecule has 7 heteroatoms. The van der Waals surface area contributed by atoms with Crippen LogP contribution in [0, 0.1) is 0 Å². The molecule has 1 aromatic carbocycles. The topological polar surface area (TPSA) is 89.1 Å². The highest BCUT2D eigenvalue weighted by Crippen LogP contribution is 2.31. The Morgan fingerprint density at radius 2 is 1.92 bits per heavy atom. The molecule has 0 atom stereocenters. The summed E-state index contributed by atoms with van der Waals surface area (Å²) in [5.74, 6) is 0.947. The Labute approximate surface area is 138 Å². The maximum Gasteiger partial charge on any atom is 0.260 e. The molecule has 1 amide bonds. The van der Waals surface area contributed by atoms with Crippen molar-refractivity contribution in [1.29, 1.82) is 0 Å². The highest BCUT2D eigenvalue weighted by Gasteiger charge is 2.17. The molecule has 24 heavy (non-hydrogen) atoms. The monoisotopic (exact) mass is 324 g/mol. The first-order chi connectivity index (χ1) is 11.7. The zero-order valence-corrected chi connectivity index (χ0v) is 13.2. The van der Waals surface area contributed by atoms with Gasteiger partial charge in [0.05, 0.1) is 25.5 Å². The fraction of sp³-hybridized carbons (Fsp3) is 0.118. The zero-order valence-electron chi connectivity index (χ0n) is 13.2. The summed E-state index contributed by atoms with van der Waals surface area (Å²) in [6, 6.07) is 10.6. The van der Waals surface area contributed by atoms with Crippen LogP contribution in [0.1, 0.15) is 10.4 Å². The van der Waals surface area contributed by atoms with Gasteiger partial charge in [0, 0.05) is 24.0 Å². The number of H-pyrrole nitrogens is 1. The van der Waals surface area contributed by atoms with Crippen LogP contribution < -0.4 is 14.8 Å². The maximum absolute atomic E-state index is 12.5. The standard InChI is InChI=1S/C17H16N4O3/c1-23-14-5-3-4-12(16(14)24-2)17(22)19-15-10-13(20-21-15)11-6-8-18-9-7-11/h3-10H,1-2H3,(H2,19,20,21,22). The van der Waals surface area contributed by atoms with Gasteiger partial charge in [-0.2, -0.15) is 5.10 Å². The lowest BCUT2D eigenvalue weighted by atomic mass is 10.1. The van der Waals surface area contributed by atoms with Crippen LogP contribution in [0.2, 0.25) is 0 Å². The molecule has 0 unspecified atom stereocenters. The summed E-state index contributed by atoms with van der Waals surface area (Å²) in [4.78, 5) is 16.5. The molecular weight excluding hydrogens is 308 g/mol. The molecule has 0 spiro atoms. The van der Waals surface area contributed by atoms with Gasteiger partial charge in [-0.25, -0.2) is 0 Å². The molecule has 0 aliphatic carbocycles. The van der Waals surface area contributed by atoms with Gasteiger partial charge in [0.1, 0.15) is 0 Å². The number of hydrogen-bond donors (Lipinski definition) is 2. The van der Waals surface area contributed by atoms with Crippen LogP contribution in [-0.2, 0) is 0 Å². The SMILES string of the molecule is COc1cccc(C(=O)Nc2cc(-c3ccncc3)[nH]n2)c1OC. The van der Waals surface area contributed by atoms with E-state index in [1.165, 1.54) is 14.2 Å². The molecule has 2 heterocycles. The number of benzene rings is 1. The predicted octanol–water partition coefficient (Wildman–Crippen LogP) is 2.74. The Hall–Kier alpha value is -3.35. The lowest BCUT2D eigenvalue weighted by Gasteiger charge is -2.11. The number of carbonyl (C=O) groups excluding carboxylic acids is 1. The number of methoxy groups -OCH3 is 2. The minimum Gasteiger partial charge on any atom is -0.493 e. The number of nitrogens with zero attached hydrogens (tertiary/aromatic N) is 2. The third-order valence-electron chi connectivity index (χ3n) is 3.46. The van der Waals surface area contributed by atoms with Gasteiger partial charge >= 0.3 is 0 Å². The number of carbonyl (C=O) groups is 1. The number of nitrogens with one attached hydrogen (secondary N) is 2. The van der Waals surface area contributed by atoms with Crippen LogP contribution in [0.25, 0.3) is 11.3 Å². The first kappa shape index (κ1) is 15.5. The number of aromatic nitrogens is 3. The van der Waals surface area contributed by atoms with Crippen molar-refractivity contribution in [3.63, 3.8) is 0 Å². The second kappa shape index (κ2) is 6.82. The Morgan fingerprint density at radius 3 is 2.62 bits per heavy atom. The largest absolute Gasteiger partial charge is 0.493 e. The number of pyridine rings is 1. The lowest BCUT2D eigenvalue weighted by Crippen LogP contribution is -2.13. The molecule has 0 radical (unpaired) electrons. The highest BCUT2D eigenvalue weighted by molar-refractivity contribution is 6.06. The van der Waals surface area contributed by atoms with Crippen molar-refractivity contribution in [2.45, 2.75) is 0 Å². The summed E-state index contributed by atoms with van der Waals surface area (Å²) >= 11 is 0. The van der Waals surface area contributed by atoms with Gasteiger partial charge in [-0.05, 0) is 24.3 Å². The molecule has 122 valence electrons. The molecule has 3 aromatic rings. The number of ether oxygens (including phenoxy) is 2. The molecule has 2 aromatic heterocycles. The molecule has 3 rings (SSSR count). The fourth-order valence-corrected chi connectivity index (χ4v) is 2.31. The quantitative estimate of drug-likeness (QED) is 0.753. The molecular formula is C17H16N4O3. The van der Waals surface area contributed by atoms with E-state index in [-0.39, 0.29) is 5.91 Å². The van der Waals surface area contributed by atoms with E-state index in [4.69, 9.17) is 9.47 Å². The normalized spacial score (nSPS) is 10.2. The Balaban J connectivity index is 1.82. The van der Waals surface area contributed by atoms with E-state index in [1.807, 2.05) is 12.1 Å². The van der Waals surface area contributed by atoms with E-state index in [0.717, 1.165) is 11.3 Å². The summed E-state index contributed by atoms with van der Waals surface area (Å²) in [5.41, 5.74) is 2.08. The van der Waals surface area contributed by atoms with Crippen molar-refractivity contribution in [2.75, 3.05) is 19.5 Å². The van der Waals surface area contributed by atoms with Crippen LogP contribution in [-0.4, -0.2) is 35.3 Å². The minimum absolute atomic E-state index is 0.335. The van der Waals surface area contributed by atoms with E-state index in [1.54, 1.807) is 36.7 Å². The molecule has 0 bridgehead atoms. The number of rotatable bonds is 5. The van der Waals surface area contributed by atoms with Crippen molar-refractivity contribution in [2.24, 2.45) is 0 Å². The third-order valence-corrected chi connectivity index (χ3v) is 3.46. The van der Waals surface area contributed by atoms with Crippen LogP contribution >= 0.6 is 0 Å². The van der Waals surface area contributed by atoms with Crippen molar-refractivity contribution in [3.8, 4) is 22.8 Å². The Morgan fingerprint density at radius 1 is 1.12 bits per heavy atom. The van der Waals surface area contributed by atoms with Crippen LogP contribution in [0.3, 0.4) is 0 Å². The summed E-state index contributed by atoms with van der Waals surface area (Å²) < 4.78 is 10.5.